The van der Waals surface area contributed by atoms with Crippen LogP contribution < -0.4 is 11.1 Å². The fraction of sp³-hybridized carbons (Fsp3) is 0.133. The molecule has 0 spiro atoms. The highest BCUT2D eigenvalue weighted by Gasteiger charge is 2.16. The lowest BCUT2D eigenvalue weighted by atomic mass is 10.1. The van der Waals surface area contributed by atoms with Gasteiger partial charge in [0.05, 0.1) is 5.56 Å². The monoisotopic (exact) mass is 276 g/mol. The zero-order chi connectivity index (χ0) is 14.9. The Kier molecular flexibility index (Phi) is 3.70. The van der Waals surface area contributed by atoms with Crippen LogP contribution in [0.25, 0.3) is 0 Å². The summed E-state index contributed by atoms with van der Waals surface area (Å²) < 4.78 is 26.6. The fourth-order valence-electron chi connectivity index (χ4n) is 1.87. The maximum Gasteiger partial charge on any atom is 0.258 e. The highest BCUT2D eigenvalue weighted by molar-refractivity contribution is 6.05. The van der Waals surface area contributed by atoms with E-state index in [4.69, 9.17) is 5.73 Å². The van der Waals surface area contributed by atoms with Crippen LogP contribution in [0.3, 0.4) is 0 Å². The number of amides is 1. The van der Waals surface area contributed by atoms with Crippen LogP contribution in [-0.2, 0) is 0 Å². The van der Waals surface area contributed by atoms with Gasteiger partial charge in [-0.3, -0.25) is 4.79 Å². The number of hydrogen-bond donors (Lipinski definition) is 2. The number of anilines is 2. The van der Waals surface area contributed by atoms with Gasteiger partial charge in [-0.25, -0.2) is 8.78 Å². The lowest BCUT2D eigenvalue weighted by Crippen LogP contribution is -2.15. The predicted molar refractivity (Wildman–Crippen MR) is 74.6 cm³/mol. The first-order valence-electron chi connectivity index (χ1n) is 6.02. The van der Waals surface area contributed by atoms with Crippen molar-refractivity contribution >= 4 is 17.3 Å². The number of halogens is 2. The second kappa shape index (κ2) is 5.28. The maximum absolute atomic E-state index is 13.5. The Morgan fingerprint density at radius 3 is 2.55 bits per heavy atom. The van der Waals surface area contributed by atoms with Crippen molar-refractivity contribution in [1.29, 1.82) is 0 Å². The lowest BCUT2D eigenvalue weighted by molar-refractivity contribution is 0.102. The van der Waals surface area contributed by atoms with Gasteiger partial charge in [0, 0.05) is 11.4 Å². The van der Waals surface area contributed by atoms with Crippen molar-refractivity contribution < 1.29 is 13.6 Å². The first-order chi connectivity index (χ1) is 9.40. The summed E-state index contributed by atoms with van der Waals surface area (Å²) in [4.78, 5) is 12.0. The average Bonchev–Trinajstić information content (AvgIpc) is 2.39. The minimum absolute atomic E-state index is 0.344. The third kappa shape index (κ3) is 2.61. The summed E-state index contributed by atoms with van der Waals surface area (Å²) in [6, 6.07) is 6.87. The summed E-state index contributed by atoms with van der Waals surface area (Å²) in [5.41, 5.74) is 8.10. The molecule has 1 amide bonds. The molecule has 2 aromatic rings. The number of nitrogen functional groups attached to an aromatic ring is 1. The van der Waals surface area contributed by atoms with E-state index >= 15 is 0 Å². The number of benzene rings is 2. The molecule has 0 saturated heterocycles. The molecule has 20 heavy (non-hydrogen) atoms. The van der Waals surface area contributed by atoms with Crippen molar-refractivity contribution in [2.45, 2.75) is 13.8 Å². The van der Waals surface area contributed by atoms with Gasteiger partial charge in [-0.05, 0) is 43.2 Å². The number of nitrogens with two attached hydrogens (primary N) is 1. The second-order valence-electron chi connectivity index (χ2n) is 4.58. The molecule has 0 aliphatic heterocycles. The minimum Gasteiger partial charge on any atom is -0.398 e. The Labute approximate surface area is 115 Å². The molecular weight excluding hydrogens is 262 g/mol. The number of nitrogens with one attached hydrogen (secondary N) is 1. The first kappa shape index (κ1) is 14.0. The highest BCUT2D eigenvalue weighted by Crippen LogP contribution is 2.23. The summed E-state index contributed by atoms with van der Waals surface area (Å²) in [6.07, 6.45) is 0. The Balaban J connectivity index is 2.33. The Morgan fingerprint density at radius 2 is 1.85 bits per heavy atom. The number of carbonyl (C=O) groups is 1. The third-order valence-corrected chi connectivity index (χ3v) is 3.06. The van der Waals surface area contributed by atoms with Crippen molar-refractivity contribution in [3.05, 3.63) is 58.7 Å². The molecule has 0 radical (unpaired) electrons. The highest BCUT2D eigenvalue weighted by atomic mass is 19.2. The summed E-state index contributed by atoms with van der Waals surface area (Å²) in [6.45, 7) is 3.64. The number of hydrogen-bond acceptors (Lipinski definition) is 2. The smallest absolute Gasteiger partial charge is 0.258 e. The van der Waals surface area contributed by atoms with E-state index in [9.17, 15) is 13.6 Å². The van der Waals surface area contributed by atoms with Crippen molar-refractivity contribution in [3.63, 3.8) is 0 Å². The van der Waals surface area contributed by atoms with Crippen molar-refractivity contribution in [2.75, 3.05) is 11.1 Å². The van der Waals surface area contributed by atoms with E-state index in [0.29, 0.717) is 11.4 Å². The quantitative estimate of drug-likeness (QED) is 0.826. The standard InChI is InChI=1S/C15H14F2N2O/c1-8-6-9(2)13(7-12(8)18)19-15(20)10-4-3-5-11(16)14(10)17/h3-7H,18H2,1-2H3,(H,19,20). The summed E-state index contributed by atoms with van der Waals surface area (Å²) in [7, 11) is 0. The van der Waals surface area contributed by atoms with Gasteiger partial charge in [0.1, 0.15) is 0 Å². The van der Waals surface area contributed by atoms with Crippen LogP contribution in [0.1, 0.15) is 21.5 Å². The minimum atomic E-state index is -1.16. The van der Waals surface area contributed by atoms with E-state index in [-0.39, 0.29) is 5.56 Å². The molecule has 0 aliphatic carbocycles. The van der Waals surface area contributed by atoms with Crippen molar-refractivity contribution in [3.8, 4) is 0 Å². The van der Waals surface area contributed by atoms with Gasteiger partial charge in [-0.2, -0.15) is 0 Å². The van der Waals surface area contributed by atoms with Gasteiger partial charge in [-0.1, -0.05) is 12.1 Å². The maximum atomic E-state index is 13.5. The molecule has 3 N–H and O–H groups in total. The van der Waals surface area contributed by atoms with E-state index in [2.05, 4.69) is 5.32 Å². The topological polar surface area (TPSA) is 55.1 Å². The molecular formula is C15H14F2N2O. The third-order valence-electron chi connectivity index (χ3n) is 3.06. The summed E-state index contributed by atoms with van der Waals surface area (Å²) >= 11 is 0. The fourth-order valence-corrected chi connectivity index (χ4v) is 1.87. The van der Waals surface area contributed by atoms with Gasteiger partial charge >= 0.3 is 0 Å². The Bertz CT molecular complexity index is 684. The molecule has 0 aliphatic rings. The lowest BCUT2D eigenvalue weighted by Gasteiger charge is -2.11. The van der Waals surface area contributed by atoms with E-state index < -0.39 is 17.5 Å². The van der Waals surface area contributed by atoms with Gasteiger partial charge in [0.25, 0.3) is 5.91 Å². The zero-order valence-corrected chi connectivity index (χ0v) is 11.1. The van der Waals surface area contributed by atoms with Crippen molar-refractivity contribution in [2.24, 2.45) is 0 Å². The van der Waals surface area contributed by atoms with Crippen LogP contribution in [0.4, 0.5) is 20.2 Å². The molecule has 104 valence electrons. The van der Waals surface area contributed by atoms with Crippen molar-refractivity contribution in [1.82, 2.24) is 0 Å². The molecule has 0 saturated carbocycles. The van der Waals surface area contributed by atoms with Gasteiger partial charge < -0.3 is 11.1 Å². The summed E-state index contributed by atoms with van der Waals surface area (Å²) in [5.74, 6) is -2.94. The van der Waals surface area contributed by atoms with Gasteiger partial charge in [-0.15, -0.1) is 0 Å². The molecule has 0 fully saturated rings. The van der Waals surface area contributed by atoms with Crippen LogP contribution in [0.15, 0.2) is 30.3 Å². The number of carbonyl (C=O) groups excluding carboxylic acids is 1. The molecule has 0 bridgehead atoms. The molecule has 2 rings (SSSR count). The van der Waals surface area contributed by atoms with Crippen LogP contribution in [0.2, 0.25) is 0 Å². The molecule has 0 unspecified atom stereocenters. The van der Waals surface area contributed by atoms with Gasteiger partial charge in [0.15, 0.2) is 11.6 Å². The number of rotatable bonds is 2. The first-order valence-corrected chi connectivity index (χ1v) is 6.02. The van der Waals surface area contributed by atoms with E-state index in [1.54, 1.807) is 13.0 Å². The molecule has 5 heteroatoms. The predicted octanol–water partition coefficient (Wildman–Crippen LogP) is 3.42. The molecule has 0 aromatic heterocycles. The largest absolute Gasteiger partial charge is 0.398 e. The summed E-state index contributed by atoms with van der Waals surface area (Å²) in [5, 5.41) is 2.54. The van der Waals surface area contributed by atoms with Crippen LogP contribution in [-0.4, -0.2) is 5.91 Å². The van der Waals surface area contributed by atoms with Crippen LogP contribution in [0.5, 0.6) is 0 Å². The SMILES string of the molecule is Cc1cc(C)c(NC(=O)c2cccc(F)c2F)cc1N. The van der Waals surface area contributed by atoms with E-state index in [1.165, 1.54) is 12.1 Å². The van der Waals surface area contributed by atoms with E-state index in [1.807, 2.05) is 13.0 Å². The molecule has 2 aromatic carbocycles. The molecule has 0 atom stereocenters. The molecule has 0 heterocycles. The Hall–Kier alpha value is -2.43. The van der Waals surface area contributed by atoms with Crippen LogP contribution in [0, 0.1) is 25.5 Å². The van der Waals surface area contributed by atoms with Gasteiger partial charge in [0.2, 0.25) is 0 Å². The normalized spacial score (nSPS) is 10.4. The van der Waals surface area contributed by atoms with E-state index in [0.717, 1.165) is 17.2 Å². The second-order valence-corrected chi connectivity index (χ2v) is 4.58. The number of aryl methyl sites for hydroxylation is 2. The average molecular weight is 276 g/mol. The Morgan fingerprint density at radius 1 is 1.15 bits per heavy atom. The molecule has 3 nitrogen and oxygen atoms in total. The van der Waals surface area contributed by atoms with Crippen LogP contribution >= 0.6 is 0 Å². The zero-order valence-electron chi connectivity index (χ0n) is 11.1.